The van der Waals surface area contributed by atoms with Crippen LogP contribution in [0.4, 0.5) is 4.79 Å². The van der Waals surface area contributed by atoms with E-state index in [9.17, 15) is 30.0 Å². The van der Waals surface area contributed by atoms with Gasteiger partial charge < -0.3 is 53.7 Å². The number of carbonyl (C=O) groups is 2. The number of aliphatic hydroxyl groups is 4. The Bertz CT molecular complexity index is 1600. The Labute approximate surface area is 245 Å². The van der Waals surface area contributed by atoms with E-state index in [0.717, 1.165) is 4.90 Å². The normalized spacial score (nSPS) is 24.1. The summed E-state index contributed by atoms with van der Waals surface area (Å²) in [4.78, 5) is 26.7. The summed E-state index contributed by atoms with van der Waals surface area (Å²) in [6.07, 6.45) is -7.49. The molecule has 43 heavy (non-hydrogen) atoms. The van der Waals surface area contributed by atoms with Crippen molar-refractivity contribution in [2.45, 2.75) is 57.5 Å². The number of hydrogen-bond acceptors (Lipinski definition) is 12. The average Bonchev–Trinajstić information content (AvgIpc) is 3.63. The molecule has 0 saturated carbocycles. The molecule has 0 spiro atoms. The van der Waals surface area contributed by atoms with Crippen molar-refractivity contribution in [3.05, 3.63) is 52.6 Å². The number of rotatable bonds is 6. The molecule has 228 valence electrons. The van der Waals surface area contributed by atoms with E-state index < -0.39 is 49.4 Å². The van der Waals surface area contributed by atoms with Crippen LogP contribution in [-0.2, 0) is 34.0 Å². The summed E-state index contributed by atoms with van der Waals surface area (Å²) in [7, 11) is 2.93. The second-order valence-corrected chi connectivity index (χ2v) is 10.7. The van der Waals surface area contributed by atoms with Crippen molar-refractivity contribution >= 4 is 22.8 Å². The number of fused-ring (bicyclic) bond motifs is 3. The zero-order valence-electron chi connectivity index (χ0n) is 23.6. The van der Waals surface area contributed by atoms with Crippen LogP contribution >= 0.6 is 0 Å². The SMILES string of the molecule is C[C@H]1OC(Oc2c3c(c(-c4ccc5c(c4)OCO5)c4cc(CO)c(CO)cc24)C(=O)OC3)[C@H](O)[C@@H](OC(=O)N(C)C)[C@@H]1O. The summed E-state index contributed by atoms with van der Waals surface area (Å²) in [6, 6.07) is 8.53. The van der Waals surface area contributed by atoms with E-state index in [1.165, 1.54) is 14.1 Å². The first-order valence-corrected chi connectivity index (χ1v) is 13.6. The third-order valence-corrected chi connectivity index (χ3v) is 7.85. The minimum absolute atomic E-state index is 0.0582. The fourth-order valence-corrected chi connectivity index (χ4v) is 5.57. The predicted octanol–water partition coefficient (Wildman–Crippen LogP) is 1.80. The molecule has 3 aliphatic rings. The highest BCUT2D eigenvalue weighted by molar-refractivity contribution is 6.13. The van der Waals surface area contributed by atoms with E-state index >= 15 is 0 Å². The number of carbonyl (C=O) groups excluding carboxylic acids is 2. The Balaban J connectivity index is 1.53. The number of ether oxygens (including phenoxy) is 6. The third kappa shape index (κ3) is 4.88. The van der Waals surface area contributed by atoms with Crippen molar-refractivity contribution in [1.82, 2.24) is 4.90 Å². The molecule has 5 atom stereocenters. The van der Waals surface area contributed by atoms with Crippen molar-refractivity contribution in [1.29, 1.82) is 0 Å². The number of amides is 1. The van der Waals surface area contributed by atoms with E-state index in [1.54, 1.807) is 37.3 Å². The number of esters is 1. The molecule has 0 bridgehead atoms. The molecule has 1 saturated heterocycles. The number of benzene rings is 3. The summed E-state index contributed by atoms with van der Waals surface area (Å²) in [6.45, 7) is 0.656. The third-order valence-electron chi connectivity index (χ3n) is 7.85. The highest BCUT2D eigenvalue weighted by atomic mass is 16.7. The Morgan fingerprint density at radius 3 is 2.35 bits per heavy atom. The van der Waals surface area contributed by atoms with Gasteiger partial charge in [-0.25, -0.2) is 9.59 Å². The summed E-state index contributed by atoms with van der Waals surface area (Å²) in [5, 5.41) is 43.0. The van der Waals surface area contributed by atoms with Crippen LogP contribution in [0.5, 0.6) is 17.2 Å². The fraction of sp³-hybridized carbons (Fsp3) is 0.400. The van der Waals surface area contributed by atoms with Gasteiger partial charge in [0.15, 0.2) is 23.7 Å². The van der Waals surface area contributed by atoms with Gasteiger partial charge >= 0.3 is 12.1 Å². The molecule has 0 aliphatic carbocycles. The number of aliphatic hydroxyl groups excluding tert-OH is 4. The largest absolute Gasteiger partial charge is 0.461 e. The molecule has 3 aliphatic heterocycles. The lowest BCUT2D eigenvalue weighted by molar-refractivity contribution is -0.268. The second kappa shape index (κ2) is 11.2. The molecule has 13 heteroatoms. The van der Waals surface area contributed by atoms with Gasteiger partial charge in [0, 0.05) is 30.6 Å². The first-order chi connectivity index (χ1) is 20.6. The van der Waals surface area contributed by atoms with E-state index in [4.69, 9.17) is 28.4 Å². The zero-order chi connectivity index (χ0) is 30.6. The maximum atomic E-state index is 13.3. The zero-order valence-corrected chi connectivity index (χ0v) is 23.6. The Morgan fingerprint density at radius 1 is 0.953 bits per heavy atom. The molecule has 0 aromatic heterocycles. The lowest BCUT2D eigenvalue weighted by atomic mass is 9.87. The standard InChI is InChI=1S/C30H31NO12/c1-13-24(34)27(43-30(37)31(2)3)25(35)29(41-13)42-26-18-7-16(10-33)15(9-32)6-17(18)22(23-19(26)11-38-28(23)36)14-4-5-20-21(8-14)40-12-39-20/h4-8,13,24-25,27,29,32-35H,9-12H2,1-3H3/t13-,24-,25-,27+,29?/m1/s1. The Hall–Kier alpha value is -4.14. The van der Waals surface area contributed by atoms with Gasteiger partial charge in [-0.3, -0.25) is 0 Å². The van der Waals surface area contributed by atoms with Crippen molar-refractivity contribution in [3.63, 3.8) is 0 Å². The maximum absolute atomic E-state index is 13.3. The van der Waals surface area contributed by atoms with Crippen LogP contribution < -0.4 is 14.2 Å². The second-order valence-electron chi connectivity index (χ2n) is 10.7. The molecule has 13 nitrogen and oxygen atoms in total. The maximum Gasteiger partial charge on any atom is 0.409 e. The molecule has 1 fully saturated rings. The van der Waals surface area contributed by atoms with Gasteiger partial charge in [0.1, 0.15) is 18.5 Å². The molecule has 6 rings (SSSR count). The van der Waals surface area contributed by atoms with Crippen molar-refractivity contribution < 1.29 is 58.4 Å². The number of nitrogens with zero attached hydrogens (tertiary/aromatic N) is 1. The van der Waals surface area contributed by atoms with Gasteiger partial charge in [-0.1, -0.05) is 6.07 Å². The molecular weight excluding hydrogens is 566 g/mol. The summed E-state index contributed by atoms with van der Waals surface area (Å²) >= 11 is 0. The van der Waals surface area contributed by atoms with E-state index in [2.05, 4.69) is 0 Å². The van der Waals surface area contributed by atoms with E-state index in [-0.39, 0.29) is 31.3 Å². The minimum Gasteiger partial charge on any atom is -0.461 e. The van der Waals surface area contributed by atoms with Gasteiger partial charge in [0.2, 0.25) is 13.1 Å². The first kappa shape index (κ1) is 29.0. The molecule has 3 heterocycles. The summed E-state index contributed by atoms with van der Waals surface area (Å²) in [5.41, 5.74) is 2.50. The Kier molecular flexibility index (Phi) is 7.52. The van der Waals surface area contributed by atoms with Crippen molar-refractivity contribution in [2.75, 3.05) is 20.9 Å². The summed E-state index contributed by atoms with van der Waals surface area (Å²) in [5.74, 6) is 0.558. The van der Waals surface area contributed by atoms with Gasteiger partial charge in [-0.15, -0.1) is 0 Å². The van der Waals surface area contributed by atoms with Crippen LogP contribution in [0, 0.1) is 0 Å². The van der Waals surface area contributed by atoms with Gasteiger partial charge in [0.25, 0.3) is 0 Å². The van der Waals surface area contributed by atoms with Gasteiger partial charge in [0.05, 0.1) is 24.9 Å². The molecular formula is C30H31NO12. The van der Waals surface area contributed by atoms with E-state index in [1.807, 2.05) is 0 Å². The molecule has 0 radical (unpaired) electrons. The van der Waals surface area contributed by atoms with Crippen LogP contribution in [0.3, 0.4) is 0 Å². The van der Waals surface area contributed by atoms with Gasteiger partial charge in [-0.2, -0.15) is 0 Å². The summed E-state index contributed by atoms with van der Waals surface area (Å²) < 4.78 is 33.9. The smallest absolute Gasteiger partial charge is 0.409 e. The fourth-order valence-electron chi connectivity index (χ4n) is 5.57. The van der Waals surface area contributed by atoms with Crippen LogP contribution in [0.15, 0.2) is 30.3 Å². The number of hydrogen-bond donors (Lipinski definition) is 4. The minimum atomic E-state index is -1.62. The quantitative estimate of drug-likeness (QED) is 0.304. The predicted molar refractivity (Wildman–Crippen MR) is 147 cm³/mol. The lowest BCUT2D eigenvalue weighted by Crippen LogP contribution is -2.60. The monoisotopic (exact) mass is 597 g/mol. The first-order valence-electron chi connectivity index (χ1n) is 13.6. The molecule has 1 amide bonds. The molecule has 4 N–H and O–H groups in total. The van der Waals surface area contributed by atoms with Crippen LogP contribution in [0.2, 0.25) is 0 Å². The van der Waals surface area contributed by atoms with Crippen molar-refractivity contribution in [3.8, 4) is 28.4 Å². The highest BCUT2D eigenvalue weighted by Crippen LogP contribution is 2.48. The van der Waals surface area contributed by atoms with Crippen LogP contribution in [0.25, 0.3) is 21.9 Å². The molecule has 3 aromatic carbocycles. The average molecular weight is 598 g/mol. The van der Waals surface area contributed by atoms with E-state index in [0.29, 0.717) is 50.1 Å². The lowest BCUT2D eigenvalue weighted by Gasteiger charge is -2.41. The van der Waals surface area contributed by atoms with Crippen molar-refractivity contribution in [2.24, 2.45) is 0 Å². The molecule has 3 aromatic rings. The Morgan fingerprint density at radius 2 is 1.65 bits per heavy atom. The molecule has 1 unspecified atom stereocenters. The van der Waals surface area contributed by atoms with Crippen LogP contribution in [0.1, 0.15) is 34.0 Å². The number of cyclic esters (lactones) is 1. The highest BCUT2D eigenvalue weighted by Gasteiger charge is 2.47. The van der Waals surface area contributed by atoms with Gasteiger partial charge in [-0.05, 0) is 53.3 Å². The topological polar surface area (TPSA) is 174 Å². The van der Waals surface area contributed by atoms with Crippen LogP contribution in [-0.4, -0.2) is 89.0 Å².